The number of alkyl halides is 17. The van der Waals surface area contributed by atoms with Gasteiger partial charge in [0.25, 0.3) is 5.91 Å². The van der Waals surface area contributed by atoms with Gasteiger partial charge in [-0.25, -0.2) is 0 Å². The first-order valence-corrected chi connectivity index (χ1v) is 6.17. The summed E-state index contributed by atoms with van der Waals surface area (Å²) in [6.45, 7) is 0. The number of carbonyl (C=O) groups is 1. The van der Waals surface area contributed by atoms with Gasteiger partial charge in [0.15, 0.2) is 0 Å². The highest BCUT2D eigenvalue weighted by Gasteiger charge is 2.95. The fourth-order valence-electron chi connectivity index (χ4n) is 1.46. The molecule has 0 bridgehead atoms. The van der Waals surface area contributed by atoms with E-state index in [0.29, 0.717) is 5.32 Å². The fourth-order valence-corrected chi connectivity index (χ4v) is 1.46. The number of nitrogens with one attached hydrogen (secondary N) is 1. The van der Waals surface area contributed by atoms with Gasteiger partial charge in [-0.05, 0) is 0 Å². The molecule has 0 aliphatic heterocycles. The molecule has 1 N–H and O–H groups in total. The van der Waals surface area contributed by atoms with Crippen LogP contribution in [0.15, 0.2) is 0 Å². The molecular formula is C10H4F17NO. The van der Waals surface area contributed by atoms with Crippen LogP contribution < -0.4 is 5.32 Å². The normalized spacial score (nSPS) is 16.1. The third-order valence-electron chi connectivity index (χ3n) is 3.23. The molecular weight excluding hydrogens is 473 g/mol. The van der Waals surface area contributed by atoms with Crippen molar-refractivity contribution in [2.45, 2.75) is 47.6 Å². The second kappa shape index (κ2) is 6.64. The first-order valence-electron chi connectivity index (χ1n) is 6.17. The minimum atomic E-state index is -8.70. The molecule has 0 atom stereocenters. The Labute approximate surface area is 147 Å². The Kier molecular flexibility index (Phi) is 6.25. The average Bonchev–Trinajstić information content (AvgIpc) is 2.51. The van der Waals surface area contributed by atoms with Crippen molar-refractivity contribution < 1.29 is 79.4 Å². The van der Waals surface area contributed by atoms with Crippen LogP contribution in [-0.4, -0.2) is 60.6 Å². The van der Waals surface area contributed by atoms with Gasteiger partial charge in [0.05, 0.1) is 0 Å². The zero-order valence-corrected chi connectivity index (χ0v) is 12.8. The number of carbonyl (C=O) groups excluding carboxylic acids is 1. The number of halogens is 17. The first kappa shape index (κ1) is 27.3. The van der Waals surface area contributed by atoms with Crippen molar-refractivity contribution >= 4 is 5.91 Å². The van der Waals surface area contributed by atoms with Crippen LogP contribution >= 0.6 is 0 Å². The van der Waals surface area contributed by atoms with Gasteiger partial charge in [0.1, 0.15) is 0 Å². The molecule has 0 spiro atoms. The molecule has 1 amide bonds. The SMILES string of the molecule is CNC(=O)C(F)(F)C(F)(F)C(F)(F)C(F)(F)C(F)(F)C(F)(F)C(F)(F)C(F)(F)F. The Bertz CT molecular complexity index is 633. The lowest BCUT2D eigenvalue weighted by Gasteiger charge is -2.42. The highest BCUT2D eigenvalue weighted by atomic mass is 19.4. The van der Waals surface area contributed by atoms with Crippen LogP contribution in [0.25, 0.3) is 0 Å². The van der Waals surface area contributed by atoms with Crippen LogP contribution in [-0.2, 0) is 4.79 Å². The Balaban J connectivity index is 6.77. The largest absolute Gasteiger partial charge is 0.460 e. The predicted molar refractivity (Wildman–Crippen MR) is 54.8 cm³/mol. The molecule has 0 aromatic carbocycles. The molecule has 0 rings (SSSR count). The zero-order chi connectivity index (χ0) is 24.3. The standard InChI is InChI=1S/C10H4F17NO/c1-28-2(29)3(11,12)4(13,14)5(15,16)6(17,18)7(19,20)8(21,22)9(23,24)10(25,26)27/h1H3,(H,28,29). The van der Waals surface area contributed by atoms with Crippen LogP contribution in [0.1, 0.15) is 0 Å². The molecule has 0 aromatic rings. The summed E-state index contributed by atoms with van der Waals surface area (Å²) < 4.78 is 217. The minimum absolute atomic E-state index is 0.00917. The van der Waals surface area contributed by atoms with Crippen molar-refractivity contribution in [2.75, 3.05) is 7.05 Å². The molecule has 0 aliphatic carbocycles. The molecule has 0 fully saturated rings. The van der Waals surface area contributed by atoms with E-state index in [2.05, 4.69) is 0 Å². The van der Waals surface area contributed by atoms with Crippen LogP contribution in [0.5, 0.6) is 0 Å². The van der Waals surface area contributed by atoms with Crippen LogP contribution in [0, 0.1) is 0 Å². The lowest BCUT2D eigenvalue weighted by atomic mass is 9.89. The Morgan fingerprint density at radius 3 is 0.966 bits per heavy atom. The maximum Gasteiger partial charge on any atom is 0.460 e. The number of rotatable bonds is 7. The van der Waals surface area contributed by atoms with Crippen LogP contribution in [0.4, 0.5) is 74.6 Å². The van der Waals surface area contributed by atoms with E-state index in [1.807, 2.05) is 0 Å². The van der Waals surface area contributed by atoms with Crippen molar-refractivity contribution in [2.24, 2.45) is 0 Å². The van der Waals surface area contributed by atoms with Gasteiger partial charge in [0.2, 0.25) is 0 Å². The maximum absolute atomic E-state index is 13.2. The van der Waals surface area contributed by atoms with Crippen LogP contribution in [0.3, 0.4) is 0 Å². The quantitative estimate of drug-likeness (QED) is 0.528. The summed E-state index contributed by atoms with van der Waals surface area (Å²) in [6.07, 6.45) is -7.81. The average molecular weight is 477 g/mol. The lowest BCUT2D eigenvalue weighted by molar-refractivity contribution is -0.459. The minimum Gasteiger partial charge on any atom is -0.354 e. The second-order valence-electron chi connectivity index (χ2n) is 5.10. The highest BCUT2D eigenvalue weighted by molar-refractivity contribution is 5.84. The van der Waals surface area contributed by atoms with Crippen molar-refractivity contribution in [3.05, 3.63) is 0 Å². The molecule has 0 saturated carbocycles. The van der Waals surface area contributed by atoms with E-state index in [1.54, 1.807) is 0 Å². The summed E-state index contributed by atoms with van der Waals surface area (Å²) in [7, 11) is 0.00917. The van der Waals surface area contributed by atoms with Gasteiger partial charge >= 0.3 is 47.6 Å². The van der Waals surface area contributed by atoms with Gasteiger partial charge in [-0.3, -0.25) is 4.79 Å². The Morgan fingerprint density at radius 2 is 0.724 bits per heavy atom. The van der Waals surface area contributed by atoms with E-state index < -0.39 is 53.5 Å². The maximum atomic E-state index is 13.2. The third kappa shape index (κ3) is 3.23. The van der Waals surface area contributed by atoms with Crippen molar-refractivity contribution in [1.82, 2.24) is 5.32 Å². The van der Waals surface area contributed by atoms with Gasteiger partial charge in [-0.1, -0.05) is 0 Å². The third-order valence-corrected chi connectivity index (χ3v) is 3.23. The monoisotopic (exact) mass is 477 g/mol. The summed E-state index contributed by atoms with van der Waals surface area (Å²) in [5.74, 6) is -61.2. The molecule has 174 valence electrons. The Morgan fingerprint density at radius 1 is 0.483 bits per heavy atom. The van der Waals surface area contributed by atoms with Gasteiger partial charge in [0, 0.05) is 7.05 Å². The summed E-state index contributed by atoms with van der Waals surface area (Å²) in [4.78, 5) is 10.5. The molecule has 0 unspecified atom stereocenters. The zero-order valence-electron chi connectivity index (χ0n) is 12.8. The summed E-state index contributed by atoms with van der Waals surface area (Å²) in [5.41, 5.74) is 0. The van der Waals surface area contributed by atoms with Crippen molar-refractivity contribution in [3.8, 4) is 0 Å². The second-order valence-corrected chi connectivity index (χ2v) is 5.10. The van der Waals surface area contributed by atoms with E-state index in [9.17, 15) is 79.4 Å². The highest BCUT2D eigenvalue weighted by Crippen LogP contribution is 2.63. The Hall–Kier alpha value is -1.72. The number of hydrogen-bond donors (Lipinski definition) is 1. The van der Waals surface area contributed by atoms with Crippen molar-refractivity contribution in [3.63, 3.8) is 0 Å². The van der Waals surface area contributed by atoms with E-state index in [4.69, 9.17) is 0 Å². The fraction of sp³-hybridized carbons (Fsp3) is 0.900. The molecule has 0 heterocycles. The first-order chi connectivity index (χ1) is 12.2. The smallest absolute Gasteiger partial charge is 0.354 e. The molecule has 0 saturated heterocycles. The molecule has 29 heavy (non-hydrogen) atoms. The number of hydrogen-bond acceptors (Lipinski definition) is 1. The summed E-state index contributed by atoms with van der Waals surface area (Å²) in [6, 6.07) is 0. The molecule has 19 heteroatoms. The topological polar surface area (TPSA) is 29.1 Å². The van der Waals surface area contributed by atoms with E-state index in [1.165, 1.54) is 0 Å². The summed E-state index contributed by atoms with van der Waals surface area (Å²) >= 11 is 0. The summed E-state index contributed by atoms with van der Waals surface area (Å²) in [5, 5.41) is 0.496. The van der Waals surface area contributed by atoms with Gasteiger partial charge < -0.3 is 5.32 Å². The van der Waals surface area contributed by atoms with Gasteiger partial charge in [-0.15, -0.1) is 0 Å². The van der Waals surface area contributed by atoms with Crippen molar-refractivity contribution in [1.29, 1.82) is 0 Å². The molecule has 0 aromatic heterocycles. The van der Waals surface area contributed by atoms with Gasteiger partial charge in [-0.2, -0.15) is 74.6 Å². The lowest BCUT2D eigenvalue weighted by Crippen LogP contribution is -2.75. The van der Waals surface area contributed by atoms with Crippen LogP contribution in [0.2, 0.25) is 0 Å². The van der Waals surface area contributed by atoms with E-state index in [0.717, 1.165) is 0 Å². The van der Waals surface area contributed by atoms with E-state index >= 15 is 0 Å². The van der Waals surface area contributed by atoms with E-state index in [-0.39, 0.29) is 7.05 Å². The molecule has 0 aliphatic rings. The number of amides is 1. The predicted octanol–water partition coefficient (Wildman–Crippen LogP) is 4.74. The molecule has 2 nitrogen and oxygen atoms in total. The molecule has 0 radical (unpaired) electrons.